The van der Waals surface area contributed by atoms with E-state index in [1.165, 1.54) is 10.9 Å². The van der Waals surface area contributed by atoms with Crippen LogP contribution in [0.25, 0.3) is 0 Å². The van der Waals surface area contributed by atoms with Crippen LogP contribution < -0.4 is 9.62 Å². The number of rotatable bonds is 7. The smallest absolute Gasteiger partial charge is 0.243 e. The molecule has 7 heteroatoms. The molecule has 0 aliphatic carbocycles. The number of aryl methyl sites for hydroxylation is 2. The first kappa shape index (κ1) is 16.5. The van der Waals surface area contributed by atoms with Gasteiger partial charge in [0, 0.05) is 39.1 Å². The highest BCUT2D eigenvalue weighted by molar-refractivity contribution is 7.89. The maximum absolute atomic E-state index is 12.2. The van der Waals surface area contributed by atoms with E-state index in [4.69, 9.17) is 0 Å². The van der Waals surface area contributed by atoms with Gasteiger partial charge in [-0.1, -0.05) is 18.2 Å². The molecule has 0 fully saturated rings. The fourth-order valence-electron chi connectivity index (χ4n) is 2.25. The quantitative estimate of drug-likeness (QED) is 0.785. The van der Waals surface area contributed by atoms with Crippen LogP contribution in [-0.4, -0.2) is 38.3 Å². The summed E-state index contributed by atoms with van der Waals surface area (Å²) in [6.07, 6.45) is 2.25. The molecule has 0 saturated heterocycles. The maximum Gasteiger partial charge on any atom is 0.243 e. The Labute approximate surface area is 131 Å². The molecule has 1 aromatic heterocycles. The second-order valence-corrected chi connectivity index (χ2v) is 7.00. The minimum atomic E-state index is -3.48. The Balaban J connectivity index is 1.85. The molecule has 0 bridgehead atoms. The molecule has 2 aromatic rings. The van der Waals surface area contributed by atoms with Crippen LogP contribution >= 0.6 is 0 Å². The van der Waals surface area contributed by atoms with Gasteiger partial charge in [0.1, 0.15) is 4.90 Å². The van der Waals surface area contributed by atoms with Gasteiger partial charge in [0.15, 0.2) is 0 Å². The Hall–Kier alpha value is -1.86. The third-order valence-electron chi connectivity index (χ3n) is 3.42. The van der Waals surface area contributed by atoms with Crippen LogP contribution in [0.4, 0.5) is 5.69 Å². The largest absolute Gasteiger partial charge is 0.375 e. The number of nitrogens with zero attached hydrogens (tertiary/aromatic N) is 3. The third-order valence-corrected chi connectivity index (χ3v) is 4.98. The number of para-hydroxylation sites is 1. The molecule has 1 N–H and O–H groups in total. The summed E-state index contributed by atoms with van der Waals surface area (Å²) in [6, 6.07) is 10.0. The highest BCUT2D eigenvalue weighted by atomic mass is 32.2. The molecule has 1 heterocycles. The van der Waals surface area contributed by atoms with E-state index >= 15 is 0 Å². The van der Waals surface area contributed by atoms with E-state index in [0.29, 0.717) is 12.2 Å². The summed E-state index contributed by atoms with van der Waals surface area (Å²) in [7, 11) is 0.220. The van der Waals surface area contributed by atoms with Gasteiger partial charge in [0.25, 0.3) is 0 Å². The summed E-state index contributed by atoms with van der Waals surface area (Å²) in [5, 5.41) is 4.06. The summed E-state index contributed by atoms with van der Waals surface area (Å²) in [5.74, 6) is 0. The van der Waals surface area contributed by atoms with E-state index in [0.717, 1.165) is 18.7 Å². The Morgan fingerprint density at radius 1 is 1.27 bits per heavy atom. The monoisotopic (exact) mass is 322 g/mol. The molecule has 22 heavy (non-hydrogen) atoms. The Morgan fingerprint density at radius 2 is 1.95 bits per heavy atom. The van der Waals surface area contributed by atoms with E-state index in [9.17, 15) is 8.42 Å². The first-order chi connectivity index (χ1) is 10.4. The zero-order valence-electron chi connectivity index (χ0n) is 13.2. The number of aromatic nitrogens is 2. The van der Waals surface area contributed by atoms with Crippen molar-refractivity contribution >= 4 is 15.7 Å². The van der Waals surface area contributed by atoms with Crippen molar-refractivity contribution in [3.05, 3.63) is 42.2 Å². The van der Waals surface area contributed by atoms with Crippen LogP contribution in [-0.2, 0) is 17.1 Å². The molecule has 120 valence electrons. The van der Waals surface area contributed by atoms with Gasteiger partial charge in [-0.25, -0.2) is 13.1 Å². The first-order valence-corrected chi connectivity index (χ1v) is 8.64. The SMILES string of the molecule is Cc1nn(C)cc1S(=O)(=O)NCCCN(C)c1ccccc1. The number of benzene rings is 1. The standard InChI is InChI=1S/C15H22N4O2S/c1-13-15(12-19(3)17-13)22(20,21)16-10-7-11-18(2)14-8-5-4-6-9-14/h4-6,8-9,12,16H,7,10-11H2,1-3H3. The Kier molecular flexibility index (Phi) is 5.20. The fourth-order valence-corrected chi connectivity index (χ4v) is 3.54. The third kappa shape index (κ3) is 4.08. The topological polar surface area (TPSA) is 67.2 Å². The van der Waals surface area contributed by atoms with Gasteiger partial charge >= 0.3 is 0 Å². The van der Waals surface area contributed by atoms with Crippen LogP contribution in [0.3, 0.4) is 0 Å². The van der Waals surface area contributed by atoms with Gasteiger partial charge in [-0.15, -0.1) is 0 Å². The van der Waals surface area contributed by atoms with Crippen LogP contribution in [0, 0.1) is 6.92 Å². The van der Waals surface area contributed by atoms with Gasteiger partial charge in [0.05, 0.1) is 5.69 Å². The molecular weight excluding hydrogens is 300 g/mol. The minimum Gasteiger partial charge on any atom is -0.375 e. The summed E-state index contributed by atoms with van der Waals surface area (Å²) < 4.78 is 28.5. The predicted molar refractivity (Wildman–Crippen MR) is 87.5 cm³/mol. The normalized spacial score (nSPS) is 11.6. The van der Waals surface area contributed by atoms with Gasteiger partial charge in [-0.2, -0.15) is 5.10 Å². The van der Waals surface area contributed by atoms with Crippen molar-refractivity contribution in [3.8, 4) is 0 Å². The zero-order valence-corrected chi connectivity index (χ0v) is 14.0. The molecule has 0 aliphatic heterocycles. The van der Waals surface area contributed by atoms with Crippen molar-refractivity contribution in [2.45, 2.75) is 18.2 Å². The molecule has 6 nitrogen and oxygen atoms in total. The lowest BCUT2D eigenvalue weighted by atomic mass is 10.3. The summed E-state index contributed by atoms with van der Waals surface area (Å²) >= 11 is 0. The molecule has 0 atom stereocenters. The first-order valence-electron chi connectivity index (χ1n) is 7.16. The maximum atomic E-state index is 12.2. The van der Waals surface area contributed by atoms with Gasteiger partial charge in [-0.3, -0.25) is 4.68 Å². The van der Waals surface area contributed by atoms with Crippen LogP contribution in [0.15, 0.2) is 41.4 Å². The minimum absolute atomic E-state index is 0.242. The van der Waals surface area contributed by atoms with E-state index in [-0.39, 0.29) is 4.90 Å². The van der Waals surface area contributed by atoms with Crippen molar-refractivity contribution in [1.82, 2.24) is 14.5 Å². The van der Waals surface area contributed by atoms with Crippen molar-refractivity contribution in [2.24, 2.45) is 7.05 Å². The van der Waals surface area contributed by atoms with Gasteiger partial charge in [0.2, 0.25) is 10.0 Å². The van der Waals surface area contributed by atoms with E-state index in [1.807, 2.05) is 37.4 Å². The lowest BCUT2D eigenvalue weighted by Gasteiger charge is -2.19. The summed E-state index contributed by atoms with van der Waals surface area (Å²) in [5.41, 5.74) is 1.63. The zero-order chi connectivity index (χ0) is 16.2. The average Bonchev–Trinajstić information content (AvgIpc) is 2.84. The second-order valence-electron chi connectivity index (χ2n) is 5.26. The Morgan fingerprint density at radius 3 is 2.55 bits per heavy atom. The van der Waals surface area contributed by atoms with Crippen molar-refractivity contribution in [2.75, 3.05) is 25.0 Å². The molecule has 0 spiro atoms. The van der Waals surface area contributed by atoms with Gasteiger partial charge < -0.3 is 4.90 Å². The highest BCUT2D eigenvalue weighted by Crippen LogP contribution is 2.13. The molecule has 0 amide bonds. The molecule has 2 rings (SSSR count). The van der Waals surface area contributed by atoms with Crippen molar-refractivity contribution in [1.29, 1.82) is 0 Å². The summed E-state index contributed by atoms with van der Waals surface area (Å²) in [6.45, 7) is 2.87. The molecule has 0 saturated carbocycles. The summed E-state index contributed by atoms with van der Waals surface area (Å²) in [4.78, 5) is 2.34. The molecule has 0 unspecified atom stereocenters. The van der Waals surface area contributed by atoms with Crippen molar-refractivity contribution < 1.29 is 8.42 Å². The lowest BCUT2D eigenvalue weighted by Crippen LogP contribution is -2.28. The van der Waals surface area contributed by atoms with Crippen LogP contribution in [0.1, 0.15) is 12.1 Å². The number of hydrogen-bond donors (Lipinski definition) is 1. The molecule has 0 aliphatic rings. The van der Waals surface area contributed by atoms with Crippen LogP contribution in [0.5, 0.6) is 0 Å². The Bertz CT molecular complexity index is 710. The average molecular weight is 322 g/mol. The number of anilines is 1. The van der Waals surface area contributed by atoms with E-state index in [2.05, 4.69) is 14.7 Å². The second kappa shape index (κ2) is 6.93. The van der Waals surface area contributed by atoms with E-state index < -0.39 is 10.0 Å². The fraction of sp³-hybridized carbons (Fsp3) is 0.400. The molecule has 0 radical (unpaired) electrons. The number of sulfonamides is 1. The number of nitrogens with one attached hydrogen (secondary N) is 1. The molecular formula is C15H22N4O2S. The molecule has 1 aromatic carbocycles. The van der Waals surface area contributed by atoms with Crippen LogP contribution in [0.2, 0.25) is 0 Å². The number of hydrogen-bond acceptors (Lipinski definition) is 4. The highest BCUT2D eigenvalue weighted by Gasteiger charge is 2.19. The van der Waals surface area contributed by atoms with Crippen molar-refractivity contribution in [3.63, 3.8) is 0 Å². The van der Waals surface area contributed by atoms with E-state index in [1.54, 1.807) is 14.0 Å². The van der Waals surface area contributed by atoms with Gasteiger partial charge in [-0.05, 0) is 25.5 Å². The predicted octanol–water partition coefficient (Wildman–Crippen LogP) is 1.53. The lowest BCUT2D eigenvalue weighted by molar-refractivity contribution is 0.578.